The van der Waals surface area contributed by atoms with Crippen LogP contribution in [0.4, 0.5) is 0 Å². The molecule has 1 aliphatic carbocycles. The summed E-state index contributed by atoms with van der Waals surface area (Å²) < 4.78 is 1.68. The third-order valence-corrected chi connectivity index (χ3v) is 5.40. The molecule has 7 heteroatoms. The van der Waals surface area contributed by atoms with Gasteiger partial charge in [0.05, 0.1) is 11.1 Å². The van der Waals surface area contributed by atoms with Gasteiger partial charge in [-0.25, -0.2) is 0 Å². The highest BCUT2D eigenvalue weighted by Gasteiger charge is 2.52. The average Bonchev–Trinajstić information content (AvgIpc) is 3.15. The fourth-order valence-corrected chi connectivity index (χ4v) is 4.16. The summed E-state index contributed by atoms with van der Waals surface area (Å²) in [5.74, 6) is -0.528. The van der Waals surface area contributed by atoms with Gasteiger partial charge in [-0.15, -0.1) is 0 Å². The molecule has 2 fully saturated rings. The van der Waals surface area contributed by atoms with Crippen molar-refractivity contribution in [1.82, 2.24) is 20.0 Å². The molecule has 0 radical (unpaired) electrons. The molecule has 1 aromatic rings. The Kier molecular flexibility index (Phi) is 3.08. The van der Waals surface area contributed by atoms with Crippen LogP contribution in [0.1, 0.15) is 47.4 Å². The lowest BCUT2D eigenvalue weighted by Crippen LogP contribution is -2.37. The van der Waals surface area contributed by atoms with Crippen molar-refractivity contribution < 1.29 is 14.4 Å². The molecule has 7 nitrogen and oxygen atoms in total. The highest BCUT2D eigenvalue weighted by molar-refractivity contribution is 6.06. The fourth-order valence-electron chi connectivity index (χ4n) is 4.16. The van der Waals surface area contributed by atoms with Gasteiger partial charge in [0.25, 0.3) is 5.91 Å². The Morgan fingerprint density at radius 2 is 2.04 bits per heavy atom. The van der Waals surface area contributed by atoms with E-state index in [0.717, 1.165) is 36.9 Å². The number of hydrogen-bond acceptors (Lipinski definition) is 4. The number of likely N-dealkylation sites (tertiary alicyclic amines) is 1. The van der Waals surface area contributed by atoms with Gasteiger partial charge in [0.15, 0.2) is 0 Å². The number of aromatic nitrogens is 2. The van der Waals surface area contributed by atoms with E-state index in [9.17, 15) is 14.4 Å². The first kappa shape index (κ1) is 14.4. The maximum Gasteiger partial charge on any atom is 0.272 e. The summed E-state index contributed by atoms with van der Waals surface area (Å²) in [6, 6.07) is 0. The van der Waals surface area contributed by atoms with E-state index >= 15 is 0 Å². The third-order valence-electron chi connectivity index (χ3n) is 5.40. The number of hydrogen-bond donors (Lipinski definition) is 1. The lowest BCUT2D eigenvalue weighted by molar-refractivity contribution is -0.128. The van der Waals surface area contributed by atoms with Crippen LogP contribution < -0.4 is 5.32 Å². The summed E-state index contributed by atoms with van der Waals surface area (Å²) >= 11 is 0. The Morgan fingerprint density at radius 3 is 2.78 bits per heavy atom. The van der Waals surface area contributed by atoms with E-state index in [1.807, 2.05) is 7.05 Å². The van der Waals surface area contributed by atoms with Crippen molar-refractivity contribution in [3.05, 3.63) is 17.0 Å². The SMILES string of the molecule is Cn1nc2c(c1C(=O)N1CC[C@@]3(CC(=O)NC3=O)C1)CCCC2. The molecule has 0 aromatic carbocycles. The van der Waals surface area contributed by atoms with Crippen LogP contribution >= 0.6 is 0 Å². The number of nitrogens with one attached hydrogen (secondary N) is 1. The van der Waals surface area contributed by atoms with E-state index in [-0.39, 0.29) is 24.1 Å². The number of fused-ring (bicyclic) bond motifs is 1. The summed E-state index contributed by atoms with van der Waals surface area (Å²) in [6.45, 7) is 0.836. The van der Waals surface area contributed by atoms with Crippen LogP contribution in [0, 0.1) is 5.41 Å². The van der Waals surface area contributed by atoms with E-state index in [0.29, 0.717) is 25.2 Å². The van der Waals surface area contributed by atoms with Gasteiger partial charge in [0.1, 0.15) is 5.69 Å². The van der Waals surface area contributed by atoms with Gasteiger partial charge >= 0.3 is 0 Å². The smallest absolute Gasteiger partial charge is 0.272 e. The predicted molar refractivity (Wildman–Crippen MR) is 80.6 cm³/mol. The molecule has 2 saturated heterocycles. The van der Waals surface area contributed by atoms with Crippen LogP contribution in [0.15, 0.2) is 0 Å². The van der Waals surface area contributed by atoms with Crippen molar-refractivity contribution in [1.29, 1.82) is 0 Å². The van der Waals surface area contributed by atoms with Crippen molar-refractivity contribution in [2.45, 2.75) is 38.5 Å². The molecule has 1 atom stereocenters. The zero-order chi connectivity index (χ0) is 16.2. The quantitative estimate of drug-likeness (QED) is 0.749. The van der Waals surface area contributed by atoms with Crippen LogP contribution in [0.25, 0.3) is 0 Å². The highest BCUT2D eigenvalue weighted by atomic mass is 16.2. The topological polar surface area (TPSA) is 84.3 Å². The first-order chi connectivity index (χ1) is 11.0. The number of nitrogens with zero attached hydrogens (tertiary/aromatic N) is 3. The maximum atomic E-state index is 13.0. The number of carbonyl (C=O) groups excluding carboxylic acids is 3. The second-order valence-corrected chi connectivity index (χ2v) is 6.92. The molecule has 0 unspecified atom stereocenters. The van der Waals surface area contributed by atoms with Gasteiger partial charge in [-0.05, 0) is 32.1 Å². The molecule has 122 valence electrons. The summed E-state index contributed by atoms with van der Waals surface area (Å²) in [5.41, 5.74) is 2.04. The third kappa shape index (κ3) is 2.09. The number of imide groups is 1. The fraction of sp³-hybridized carbons (Fsp3) is 0.625. The lowest BCUT2D eigenvalue weighted by Gasteiger charge is -2.21. The average molecular weight is 316 g/mol. The molecule has 1 spiro atoms. The van der Waals surface area contributed by atoms with Crippen LogP contribution in [-0.2, 0) is 29.5 Å². The molecule has 2 aliphatic heterocycles. The minimum atomic E-state index is -0.717. The van der Waals surface area contributed by atoms with Crippen molar-refractivity contribution in [2.75, 3.05) is 13.1 Å². The number of carbonyl (C=O) groups is 3. The van der Waals surface area contributed by atoms with Gasteiger partial charge < -0.3 is 4.90 Å². The van der Waals surface area contributed by atoms with E-state index in [4.69, 9.17) is 0 Å². The molecule has 1 aromatic heterocycles. The van der Waals surface area contributed by atoms with Crippen molar-refractivity contribution in [3.8, 4) is 0 Å². The van der Waals surface area contributed by atoms with Crippen molar-refractivity contribution >= 4 is 17.7 Å². The molecule has 1 N–H and O–H groups in total. The van der Waals surface area contributed by atoms with E-state index in [1.165, 1.54) is 0 Å². The molecule has 0 saturated carbocycles. The van der Waals surface area contributed by atoms with Crippen molar-refractivity contribution in [3.63, 3.8) is 0 Å². The highest BCUT2D eigenvalue weighted by Crippen LogP contribution is 2.38. The number of rotatable bonds is 1. The van der Waals surface area contributed by atoms with Gasteiger partial charge in [-0.2, -0.15) is 5.10 Å². The van der Waals surface area contributed by atoms with Crippen molar-refractivity contribution in [2.24, 2.45) is 12.5 Å². The summed E-state index contributed by atoms with van der Waals surface area (Å²) in [4.78, 5) is 38.3. The molecule has 23 heavy (non-hydrogen) atoms. The van der Waals surface area contributed by atoms with Crippen LogP contribution in [-0.4, -0.2) is 45.5 Å². The monoisotopic (exact) mass is 316 g/mol. The van der Waals surface area contributed by atoms with Gasteiger partial charge in [0.2, 0.25) is 11.8 Å². The molecule has 0 bridgehead atoms. The second kappa shape index (κ2) is 4.91. The Labute approximate surface area is 134 Å². The Balaban J connectivity index is 1.61. The molecule has 3 aliphatic rings. The van der Waals surface area contributed by atoms with Gasteiger partial charge in [-0.1, -0.05) is 0 Å². The maximum absolute atomic E-state index is 13.0. The molecule has 4 rings (SSSR count). The standard InChI is InChI=1S/C16H20N4O3/c1-19-13(10-4-2-3-5-11(10)18-19)14(22)20-7-6-16(9-20)8-12(21)17-15(16)23/h2-9H2,1H3,(H,17,21,23)/t16-/m1/s1. The van der Waals surface area contributed by atoms with E-state index in [1.54, 1.807) is 9.58 Å². The first-order valence-electron chi connectivity index (χ1n) is 8.18. The summed E-state index contributed by atoms with van der Waals surface area (Å²) in [7, 11) is 1.81. The molecule has 3 heterocycles. The first-order valence-corrected chi connectivity index (χ1v) is 8.18. The van der Waals surface area contributed by atoms with Crippen LogP contribution in [0.3, 0.4) is 0 Å². The van der Waals surface area contributed by atoms with E-state index in [2.05, 4.69) is 10.4 Å². The minimum absolute atomic E-state index is 0.0628. The Bertz CT molecular complexity index is 723. The van der Waals surface area contributed by atoms with E-state index < -0.39 is 5.41 Å². The van der Waals surface area contributed by atoms with Gasteiger partial charge in [-0.3, -0.25) is 24.4 Å². The normalized spacial score (nSPS) is 26.7. The molecular formula is C16H20N4O3. The summed E-state index contributed by atoms with van der Waals surface area (Å²) in [5, 5.41) is 6.87. The zero-order valence-electron chi connectivity index (χ0n) is 13.2. The zero-order valence-corrected chi connectivity index (χ0v) is 13.2. The predicted octanol–water partition coefficient (Wildman–Crippen LogP) is 0.178. The Hall–Kier alpha value is -2.18. The molecule has 3 amide bonds. The number of aryl methyl sites for hydroxylation is 2. The summed E-state index contributed by atoms with van der Waals surface area (Å²) in [6.07, 6.45) is 4.77. The second-order valence-electron chi connectivity index (χ2n) is 6.92. The van der Waals surface area contributed by atoms with Gasteiger partial charge in [0, 0.05) is 32.1 Å². The minimum Gasteiger partial charge on any atom is -0.336 e. The largest absolute Gasteiger partial charge is 0.336 e. The Morgan fingerprint density at radius 1 is 1.26 bits per heavy atom. The molecular weight excluding hydrogens is 296 g/mol. The van der Waals surface area contributed by atoms with Crippen LogP contribution in [0.5, 0.6) is 0 Å². The van der Waals surface area contributed by atoms with Crippen LogP contribution in [0.2, 0.25) is 0 Å². The number of amides is 3. The lowest BCUT2D eigenvalue weighted by atomic mass is 9.85.